The molecule has 1 heterocycles. The van der Waals surface area contributed by atoms with Crippen molar-refractivity contribution in [1.82, 2.24) is 14.8 Å². The predicted molar refractivity (Wildman–Crippen MR) is 60.7 cm³/mol. The Bertz CT molecular complexity index is 447. The minimum atomic E-state index is 0.875. The average Bonchev–Trinajstić information content (AvgIpc) is 2.76. The fourth-order valence-electron chi connectivity index (χ4n) is 1.59. The number of nitrogens with one attached hydrogen (secondary N) is 1. The van der Waals surface area contributed by atoms with E-state index in [9.17, 15) is 0 Å². The van der Waals surface area contributed by atoms with Gasteiger partial charge >= 0.3 is 0 Å². The zero-order valence-electron chi connectivity index (χ0n) is 8.94. The van der Waals surface area contributed by atoms with Crippen LogP contribution in [-0.4, -0.2) is 21.8 Å². The summed E-state index contributed by atoms with van der Waals surface area (Å²) in [6.07, 6.45) is 1.75. The summed E-state index contributed by atoms with van der Waals surface area (Å²) in [5.41, 5.74) is 2.15. The fourth-order valence-corrected chi connectivity index (χ4v) is 1.59. The van der Waals surface area contributed by atoms with Crippen molar-refractivity contribution in [3.63, 3.8) is 0 Å². The first-order chi connectivity index (χ1) is 7.36. The molecule has 0 unspecified atom stereocenters. The monoisotopic (exact) mass is 202 g/mol. The molecule has 0 spiro atoms. The van der Waals surface area contributed by atoms with E-state index in [0.29, 0.717) is 0 Å². The maximum Gasteiger partial charge on any atom is 0.165 e. The Hall–Kier alpha value is -1.84. The van der Waals surface area contributed by atoms with Crippen molar-refractivity contribution >= 4 is 5.69 Å². The van der Waals surface area contributed by atoms with Crippen LogP contribution in [0.5, 0.6) is 0 Å². The maximum atomic E-state index is 4.14. The Morgan fingerprint density at radius 1 is 1.33 bits per heavy atom. The first-order valence-corrected chi connectivity index (χ1v) is 5.01. The third kappa shape index (κ3) is 1.70. The van der Waals surface area contributed by atoms with Gasteiger partial charge in [-0.3, -0.25) is 0 Å². The lowest BCUT2D eigenvalue weighted by Gasteiger charge is -2.08. The van der Waals surface area contributed by atoms with Gasteiger partial charge in [-0.15, -0.1) is 10.2 Å². The Labute approximate surface area is 89.0 Å². The van der Waals surface area contributed by atoms with Crippen LogP contribution < -0.4 is 5.32 Å². The molecule has 0 fully saturated rings. The number of hydrogen-bond acceptors (Lipinski definition) is 3. The summed E-state index contributed by atoms with van der Waals surface area (Å²) in [7, 11) is 1.91. The normalized spacial score (nSPS) is 10.3. The number of benzene rings is 1. The van der Waals surface area contributed by atoms with Crippen LogP contribution in [0.1, 0.15) is 6.92 Å². The van der Waals surface area contributed by atoms with E-state index in [1.807, 2.05) is 35.9 Å². The molecule has 0 bridgehead atoms. The van der Waals surface area contributed by atoms with Crippen LogP contribution in [0, 0.1) is 0 Å². The summed E-state index contributed by atoms with van der Waals surface area (Å²) >= 11 is 0. The van der Waals surface area contributed by atoms with E-state index in [0.717, 1.165) is 23.6 Å². The largest absolute Gasteiger partial charge is 0.388 e. The van der Waals surface area contributed by atoms with Gasteiger partial charge in [0.25, 0.3) is 0 Å². The lowest BCUT2D eigenvalue weighted by molar-refractivity contribution is 0.767. The van der Waals surface area contributed by atoms with Gasteiger partial charge in [-0.2, -0.15) is 0 Å². The number of rotatable bonds is 3. The minimum Gasteiger partial charge on any atom is -0.388 e. The van der Waals surface area contributed by atoms with Gasteiger partial charge in [-0.05, 0) is 19.1 Å². The summed E-state index contributed by atoms with van der Waals surface area (Å²) < 4.78 is 2.02. The number of anilines is 1. The minimum absolute atomic E-state index is 0.875. The summed E-state index contributed by atoms with van der Waals surface area (Å²) in [6.45, 7) is 2.95. The zero-order chi connectivity index (χ0) is 10.7. The van der Waals surface area contributed by atoms with Gasteiger partial charge in [0.15, 0.2) is 5.82 Å². The molecule has 4 nitrogen and oxygen atoms in total. The second-order valence-electron chi connectivity index (χ2n) is 3.24. The molecule has 0 aliphatic rings. The van der Waals surface area contributed by atoms with Gasteiger partial charge < -0.3 is 9.88 Å². The highest BCUT2D eigenvalue weighted by molar-refractivity contribution is 5.73. The van der Waals surface area contributed by atoms with Crippen molar-refractivity contribution in [2.24, 2.45) is 0 Å². The molecule has 0 aliphatic carbocycles. The molecule has 1 aromatic heterocycles. The zero-order valence-corrected chi connectivity index (χ0v) is 8.94. The number of para-hydroxylation sites is 1. The molecule has 0 amide bonds. The van der Waals surface area contributed by atoms with E-state index in [1.165, 1.54) is 0 Å². The molecule has 2 rings (SSSR count). The highest BCUT2D eigenvalue weighted by Crippen LogP contribution is 2.25. The van der Waals surface area contributed by atoms with Crippen LogP contribution in [0.4, 0.5) is 5.69 Å². The summed E-state index contributed by atoms with van der Waals surface area (Å²) in [5.74, 6) is 0.905. The van der Waals surface area contributed by atoms with Crippen LogP contribution in [0.2, 0.25) is 0 Å². The van der Waals surface area contributed by atoms with Crippen molar-refractivity contribution in [2.45, 2.75) is 13.5 Å². The number of aryl methyl sites for hydroxylation is 1. The highest BCUT2D eigenvalue weighted by atomic mass is 15.3. The molecule has 1 N–H and O–H groups in total. The van der Waals surface area contributed by atoms with Crippen LogP contribution in [0.25, 0.3) is 11.4 Å². The maximum absolute atomic E-state index is 4.14. The van der Waals surface area contributed by atoms with E-state index in [1.54, 1.807) is 6.33 Å². The second kappa shape index (κ2) is 4.13. The highest BCUT2D eigenvalue weighted by Gasteiger charge is 2.09. The number of nitrogens with zero attached hydrogens (tertiary/aromatic N) is 3. The van der Waals surface area contributed by atoms with Gasteiger partial charge in [0.05, 0.1) is 0 Å². The number of aromatic nitrogens is 3. The predicted octanol–water partition coefficient (Wildman–Crippen LogP) is 2.01. The quantitative estimate of drug-likeness (QED) is 0.827. The first-order valence-electron chi connectivity index (χ1n) is 5.01. The van der Waals surface area contributed by atoms with Crippen molar-refractivity contribution in [3.8, 4) is 11.4 Å². The molecule has 0 aliphatic heterocycles. The Morgan fingerprint density at radius 3 is 2.87 bits per heavy atom. The molecule has 0 saturated carbocycles. The van der Waals surface area contributed by atoms with Gasteiger partial charge in [0.2, 0.25) is 0 Å². The standard InChI is InChI=1S/C11H14N4/c1-3-15-8-13-14-11(15)9-6-4-5-7-10(9)12-2/h4-8,12H,3H2,1-2H3. The Morgan fingerprint density at radius 2 is 2.13 bits per heavy atom. The molecule has 4 heteroatoms. The molecule has 15 heavy (non-hydrogen) atoms. The van der Waals surface area contributed by atoms with Crippen LogP contribution in [0.3, 0.4) is 0 Å². The van der Waals surface area contributed by atoms with E-state index < -0.39 is 0 Å². The van der Waals surface area contributed by atoms with Gasteiger partial charge in [-0.1, -0.05) is 12.1 Å². The molecular weight excluding hydrogens is 188 g/mol. The van der Waals surface area contributed by atoms with Gasteiger partial charge in [0.1, 0.15) is 6.33 Å². The fraction of sp³-hybridized carbons (Fsp3) is 0.273. The van der Waals surface area contributed by atoms with E-state index in [4.69, 9.17) is 0 Å². The molecule has 78 valence electrons. The van der Waals surface area contributed by atoms with E-state index in [-0.39, 0.29) is 0 Å². The number of hydrogen-bond donors (Lipinski definition) is 1. The third-order valence-electron chi connectivity index (χ3n) is 2.39. The average molecular weight is 202 g/mol. The van der Waals surface area contributed by atoms with Crippen molar-refractivity contribution in [1.29, 1.82) is 0 Å². The smallest absolute Gasteiger partial charge is 0.165 e. The molecular formula is C11H14N4. The van der Waals surface area contributed by atoms with E-state index in [2.05, 4.69) is 22.4 Å². The second-order valence-corrected chi connectivity index (χ2v) is 3.24. The summed E-state index contributed by atoms with van der Waals surface area (Å²) in [6, 6.07) is 8.08. The molecule has 2 aromatic rings. The molecule has 1 aromatic carbocycles. The Kier molecular flexibility index (Phi) is 2.67. The Balaban J connectivity index is 2.53. The first kappa shape index (κ1) is 9.71. The topological polar surface area (TPSA) is 42.7 Å². The van der Waals surface area contributed by atoms with Gasteiger partial charge in [-0.25, -0.2) is 0 Å². The van der Waals surface area contributed by atoms with Crippen LogP contribution in [-0.2, 0) is 6.54 Å². The summed E-state index contributed by atoms with van der Waals surface area (Å²) in [5, 5.41) is 11.2. The van der Waals surface area contributed by atoms with Crippen molar-refractivity contribution in [2.75, 3.05) is 12.4 Å². The summed E-state index contributed by atoms with van der Waals surface area (Å²) in [4.78, 5) is 0. The van der Waals surface area contributed by atoms with Gasteiger partial charge in [0, 0.05) is 24.8 Å². The van der Waals surface area contributed by atoms with Crippen LogP contribution >= 0.6 is 0 Å². The molecule has 0 saturated heterocycles. The van der Waals surface area contributed by atoms with Crippen LogP contribution in [0.15, 0.2) is 30.6 Å². The van der Waals surface area contributed by atoms with Crippen molar-refractivity contribution in [3.05, 3.63) is 30.6 Å². The lowest BCUT2D eigenvalue weighted by atomic mass is 10.1. The van der Waals surface area contributed by atoms with E-state index >= 15 is 0 Å². The SMILES string of the molecule is CCn1cnnc1-c1ccccc1NC. The third-order valence-corrected chi connectivity index (χ3v) is 2.39. The molecule has 0 atom stereocenters. The lowest BCUT2D eigenvalue weighted by Crippen LogP contribution is -1.99. The van der Waals surface area contributed by atoms with Crippen molar-refractivity contribution < 1.29 is 0 Å². The molecule has 0 radical (unpaired) electrons.